The number of anilines is 1. The van der Waals surface area contributed by atoms with Crippen molar-refractivity contribution in [2.24, 2.45) is 5.92 Å². The zero-order valence-electron chi connectivity index (χ0n) is 17.9. The highest BCUT2D eigenvalue weighted by Gasteiger charge is 2.14. The molecule has 0 atom stereocenters. The Kier molecular flexibility index (Phi) is 6.36. The number of nitrogens with one attached hydrogen (secondary N) is 2. The van der Waals surface area contributed by atoms with Gasteiger partial charge in [0.1, 0.15) is 5.82 Å². The van der Waals surface area contributed by atoms with Gasteiger partial charge in [0.25, 0.3) is 5.91 Å². The van der Waals surface area contributed by atoms with Crippen LogP contribution in [-0.2, 0) is 6.54 Å². The molecule has 4 aromatic rings. The molecular formula is C23H26N6OS. The second-order valence-corrected chi connectivity index (χ2v) is 8.49. The number of hydrogen-bond donors (Lipinski definition) is 2. The van der Waals surface area contributed by atoms with Crippen LogP contribution in [0, 0.1) is 5.92 Å². The van der Waals surface area contributed by atoms with Crippen LogP contribution >= 0.6 is 11.8 Å². The number of thioether (sulfide) groups is 1. The minimum Gasteiger partial charge on any atom is -0.369 e. The van der Waals surface area contributed by atoms with E-state index in [2.05, 4.69) is 39.5 Å². The summed E-state index contributed by atoms with van der Waals surface area (Å²) in [5.74, 6) is 1.21. The molecule has 0 bridgehead atoms. The van der Waals surface area contributed by atoms with E-state index in [0.29, 0.717) is 29.7 Å². The summed E-state index contributed by atoms with van der Waals surface area (Å²) in [5.41, 5.74) is 1.45. The molecule has 0 aliphatic carbocycles. The molecule has 31 heavy (non-hydrogen) atoms. The van der Waals surface area contributed by atoms with Crippen molar-refractivity contribution < 1.29 is 4.79 Å². The highest BCUT2D eigenvalue weighted by molar-refractivity contribution is 7.98. The fourth-order valence-electron chi connectivity index (χ4n) is 3.42. The monoisotopic (exact) mass is 434 g/mol. The molecule has 2 aromatic heterocycles. The van der Waals surface area contributed by atoms with Gasteiger partial charge in [-0.3, -0.25) is 4.79 Å². The van der Waals surface area contributed by atoms with E-state index in [1.165, 1.54) is 11.8 Å². The minimum absolute atomic E-state index is 0.0908. The zero-order valence-corrected chi connectivity index (χ0v) is 18.7. The van der Waals surface area contributed by atoms with Gasteiger partial charge in [-0.25, -0.2) is 14.6 Å². The van der Waals surface area contributed by atoms with Crippen LogP contribution in [0.3, 0.4) is 0 Å². The number of aromatic nitrogens is 4. The van der Waals surface area contributed by atoms with E-state index in [9.17, 15) is 4.79 Å². The Labute approximate surface area is 185 Å². The van der Waals surface area contributed by atoms with Crippen molar-refractivity contribution in [3.8, 4) is 0 Å². The smallest absolute Gasteiger partial charge is 0.251 e. The normalized spacial score (nSPS) is 11.4. The summed E-state index contributed by atoms with van der Waals surface area (Å²) in [6, 6.07) is 13.7. The van der Waals surface area contributed by atoms with Crippen molar-refractivity contribution in [3.05, 3.63) is 54.2 Å². The summed E-state index contributed by atoms with van der Waals surface area (Å²) in [6.07, 6.45) is 3.74. The van der Waals surface area contributed by atoms with Crippen molar-refractivity contribution in [1.82, 2.24) is 25.1 Å². The number of amides is 1. The zero-order chi connectivity index (χ0) is 21.8. The third kappa shape index (κ3) is 4.64. The first-order chi connectivity index (χ1) is 15.1. The lowest BCUT2D eigenvalue weighted by Crippen LogP contribution is -2.27. The van der Waals surface area contributed by atoms with Gasteiger partial charge in [-0.1, -0.05) is 62.0 Å². The molecule has 0 fully saturated rings. The third-order valence-electron chi connectivity index (χ3n) is 4.98. The molecule has 0 radical (unpaired) electrons. The van der Waals surface area contributed by atoms with E-state index < -0.39 is 0 Å². The number of hydrogen-bond acceptors (Lipinski definition) is 6. The quantitative estimate of drug-likeness (QED) is 0.319. The summed E-state index contributed by atoms with van der Waals surface area (Å²) in [5, 5.41) is 14.5. The Bertz CT molecular complexity index is 1210. The van der Waals surface area contributed by atoms with Crippen LogP contribution < -0.4 is 10.6 Å². The molecule has 2 aromatic carbocycles. The molecule has 0 unspecified atom stereocenters. The van der Waals surface area contributed by atoms with E-state index >= 15 is 0 Å². The molecule has 0 aliphatic heterocycles. The summed E-state index contributed by atoms with van der Waals surface area (Å²) in [6.45, 7) is 6.11. The Hall–Kier alpha value is -3.13. The fraction of sp³-hybridized carbons (Fsp3) is 0.304. The average molecular weight is 435 g/mol. The molecule has 0 spiro atoms. The van der Waals surface area contributed by atoms with Gasteiger partial charge in [0, 0.05) is 18.7 Å². The lowest BCUT2D eigenvalue weighted by Gasteiger charge is -2.11. The molecule has 1 amide bonds. The van der Waals surface area contributed by atoms with Crippen LogP contribution in [0.2, 0.25) is 0 Å². The highest BCUT2D eigenvalue weighted by Crippen LogP contribution is 2.23. The van der Waals surface area contributed by atoms with Crippen molar-refractivity contribution in [2.45, 2.75) is 25.5 Å². The first-order valence-electron chi connectivity index (χ1n) is 10.3. The van der Waals surface area contributed by atoms with Gasteiger partial charge in [0.2, 0.25) is 0 Å². The number of nitrogens with zero attached hydrogens (tertiary/aromatic N) is 4. The number of fused-ring (bicyclic) bond motifs is 2. The SMILES string of the molecule is CSc1nc(NCC(C)C)c2cnn(CCNC(=O)c3cccc4ccccc34)c2n1. The summed E-state index contributed by atoms with van der Waals surface area (Å²) < 4.78 is 1.82. The molecule has 7 nitrogen and oxygen atoms in total. The molecular weight excluding hydrogens is 408 g/mol. The lowest BCUT2D eigenvalue weighted by atomic mass is 10.0. The number of carbonyl (C=O) groups is 1. The van der Waals surface area contributed by atoms with E-state index in [0.717, 1.165) is 34.2 Å². The topological polar surface area (TPSA) is 84.7 Å². The van der Waals surface area contributed by atoms with Crippen molar-refractivity contribution in [3.63, 3.8) is 0 Å². The largest absolute Gasteiger partial charge is 0.369 e. The maximum Gasteiger partial charge on any atom is 0.251 e. The predicted molar refractivity (Wildman–Crippen MR) is 127 cm³/mol. The summed E-state index contributed by atoms with van der Waals surface area (Å²) in [4.78, 5) is 22.0. The summed E-state index contributed by atoms with van der Waals surface area (Å²) >= 11 is 1.50. The molecule has 2 heterocycles. The first kappa shape index (κ1) is 21.1. The van der Waals surface area contributed by atoms with Crippen LogP contribution in [0.15, 0.2) is 53.8 Å². The highest BCUT2D eigenvalue weighted by atomic mass is 32.2. The Morgan fingerprint density at radius 2 is 1.90 bits per heavy atom. The van der Waals surface area contributed by atoms with Gasteiger partial charge < -0.3 is 10.6 Å². The third-order valence-corrected chi connectivity index (χ3v) is 5.53. The second kappa shape index (κ2) is 9.34. The van der Waals surface area contributed by atoms with Crippen molar-refractivity contribution in [2.75, 3.05) is 24.7 Å². The van der Waals surface area contributed by atoms with Crippen LogP contribution in [-0.4, -0.2) is 45.0 Å². The van der Waals surface area contributed by atoms with Crippen LogP contribution in [0.1, 0.15) is 24.2 Å². The summed E-state index contributed by atoms with van der Waals surface area (Å²) in [7, 11) is 0. The number of rotatable bonds is 8. The second-order valence-electron chi connectivity index (χ2n) is 7.72. The molecule has 0 aliphatic rings. The van der Waals surface area contributed by atoms with Gasteiger partial charge in [-0.2, -0.15) is 5.10 Å². The van der Waals surface area contributed by atoms with Crippen LogP contribution in [0.5, 0.6) is 0 Å². The lowest BCUT2D eigenvalue weighted by molar-refractivity contribution is 0.0953. The number of carbonyl (C=O) groups excluding carboxylic acids is 1. The Morgan fingerprint density at radius 3 is 2.71 bits per heavy atom. The van der Waals surface area contributed by atoms with E-state index in [1.54, 1.807) is 6.20 Å². The molecule has 0 saturated heterocycles. The molecule has 160 valence electrons. The maximum atomic E-state index is 12.8. The van der Waals surface area contributed by atoms with Crippen LogP contribution in [0.25, 0.3) is 21.8 Å². The van der Waals surface area contributed by atoms with E-state index in [-0.39, 0.29) is 5.91 Å². The van der Waals surface area contributed by atoms with E-state index in [1.807, 2.05) is 53.4 Å². The van der Waals surface area contributed by atoms with Gasteiger partial charge >= 0.3 is 0 Å². The van der Waals surface area contributed by atoms with Crippen LogP contribution in [0.4, 0.5) is 5.82 Å². The average Bonchev–Trinajstić information content (AvgIpc) is 3.19. The van der Waals surface area contributed by atoms with E-state index in [4.69, 9.17) is 0 Å². The first-order valence-corrected chi connectivity index (χ1v) is 11.6. The Balaban J connectivity index is 1.50. The standard InChI is InChI=1S/C23H26N6OS/c1-15(2)13-25-20-19-14-26-29(21(19)28-23(27-20)31-3)12-11-24-22(30)18-10-6-8-16-7-4-5-9-17(16)18/h4-10,14-15H,11-13H2,1-3H3,(H,24,30)(H,25,27,28). The number of benzene rings is 2. The van der Waals surface area contributed by atoms with Gasteiger partial charge in [0.05, 0.1) is 18.1 Å². The minimum atomic E-state index is -0.0908. The predicted octanol–water partition coefficient (Wildman–Crippen LogP) is 4.20. The van der Waals surface area contributed by atoms with Gasteiger partial charge in [0.15, 0.2) is 10.8 Å². The van der Waals surface area contributed by atoms with Crippen molar-refractivity contribution >= 4 is 45.3 Å². The molecule has 4 rings (SSSR count). The van der Waals surface area contributed by atoms with Gasteiger partial charge in [-0.15, -0.1) is 0 Å². The Morgan fingerprint density at radius 1 is 1.10 bits per heavy atom. The molecule has 0 saturated carbocycles. The fourth-order valence-corrected chi connectivity index (χ4v) is 3.78. The maximum absolute atomic E-state index is 12.8. The molecule has 2 N–H and O–H groups in total. The van der Waals surface area contributed by atoms with Gasteiger partial charge in [-0.05, 0) is 29.0 Å². The van der Waals surface area contributed by atoms with Crippen molar-refractivity contribution in [1.29, 1.82) is 0 Å². The molecule has 8 heteroatoms.